The van der Waals surface area contributed by atoms with Crippen LogP contribution in [-0.2, 0) is 4.79 Å². The first-order valence-electron chi connectivity index (χ1n) is 6.04. The van der Waals surface area contributed by atoms with Gasteiger partial charge in [0.15, 0.2) is 0 Å². The molecule has 0 aromatic heterocycles. The van der Waals surface area contributed by atoms with Crippen LogP contribution in [0.15, 0.2) is 24.3 Å². The van der Waals surface area contributed by atoms with Gasteiger partial charge in [-0.05, 0) is 31.2 Å². The van der Waals surface area contributed by atoms with Crippen molar-refractivity contribution in [3.05, 3.63) is 35.4 Å². The van der Waals surface area contributed by atoms with E-state index in [9.17, 15) is 4.79 Å². The first kappa shape index (κ1) is 14.2. The number of nitriles is 1. The summed E-state index contributed by atoms with van der Waals surface area (Å²) < 4.78 is 0. The summed E-state index contributed by atoms with van der Waals surface area (Å²) in [5, 5.41) is 17.5. The minimum Gasteiger partial charge on any atom is -0.481 e. The van der Waals surface area contributed by atoms with Gasteiger partial charge in [0.05, 0.1) is 18.1 Å². The Morgan fingerprint density at radius 2 is 2.06 bits per heavy atom. The van der Waals surface area contributed by atoms with Crippen molar-refractivity contribution in [2.24, 2.45) is 0 Å². The molecule has 0 radical (unpaired) electrons. The molecule has 0 aliphatic rings. The number of benzene rings is 1. The van der Waals surface area contributed by atoms with Crippen LogP contribution in [0.3, 0.4) is 0 Å². The first-order chi connectivity index (χ1) is 8.58. The van der Waals surface area contributed by atoms with Gasteiger partial charge in [0.2, 0.25) is 0 Å². The molecule has 96 valence electrons. The number of hydrogen-bond acceptors (Lipinski definition) is 3. The van der Waals surface area contributed by atoms with E-state index in [1.165, 1.54) is 0 Å². The van der Waals surface area contributed by atoms with Gasteiger partial charge in [-0.3, -0.25) is 9.69 Å². The summed E-state index contributed by atoms with van der Waals surface area (Å²) in [6, 6.07) is 9.66. The lowest BCUT2D eigenvalue weighted by molar-refractivity contribution is -0.137. The Morgan fingerprint density at radius 1 is 1.44 bits per heavy atom. The molecule has 0 saturated carbocycles. The highest BCUT2D eigenvalue weighted by Crippen LogP contribution is 2.20. The van der Waals surface area contributed by atoms with E-state index in [0.29, 0.717) is 12.1 Å². The monoisotopic (exact) mass is 246 g/mol. The predicted molar refractivity (Wildman–Crippen MR) is 69.1 cm³/mol. The molecule has 4 heteroatoms. The molecule has 0 saturated heterocycles. The van der Waals surface area contributed by atoms with E-state index in [4.69, 9.17) is 10.4 Å². The van der Waals surface area contributed by atoms with Gasteiger partial charge in [0.1, 0.15) is 0 Å². The van der Waals surface area contributed by atoms with Crippen molar-refractivity contribution in [1.29, 1.82) is 5.26 Å². The molecule has 0 aliphatic carbocycles. The lowest BCUT2D eigenvalue weighted by Crippen LogP contribution is -2.29. The molecule has 0 aliphatic heterocycles. The minimum atomic E-state index is -0.777. The third-order valence-electron chi connectivity index (χ3n) is 3.09. The van der Waals surface area contributed by atoms with Crippen LogP contribution >= 0.6 is 0 Å². The third-order valence-corrected chi connectivity index (χ3v) is 3.09. The third kappa shape index (κ3) is 3.86. The fraction of sp³-hybridized carbons (Fsp3) is 0.429. The zero-order chi connectivity index (χ0) is 13.5. The summed E-state index contributed by atoms with van der Waals surface area (Å²) in [5.41, 5.74) is 1.74. The summed E-state index contributed by atoms with van der Waals surface area (Å²) in [6.07, 6.45) is 0.147. The lowest BCUT2D eigenvalue weighted by atomic mass is 10.0. The van der Waals surface area contributed by atoms with Crippen LogP contribution in [0.1, 0.15) is 37.4 Å². The average molecular weight is 246 g/mol. The van der Waals surface area contributed by atoms with Crippen LogP contribution in [0.4, 0.5) is 0 Å². The van der Waals surface area contributed by atoms with Crippen LogP contribution < -0.4 is 0 Å². The van der Waals surface area contributed by atoms with Gasteiger partial charge in [-0.25, -0.2) is 0 Å². The number of carboxylic acid groups (broad SMARTS) is 1. The molecule has 1 aromatic rings. The normalized spacial score (nSPS) is 12.1. The number of nitrogens with zero attached hydrogens (tertiary/aromatic N) is 2. The molecule has 4 nitrogen and oxygen atoms in total. The Morgan fingerprint density at radius 3 is 2.50 bits per heavy atom. The van der Waals surface area contributed by atoms with E-state index in [1.54, 1.807) is 12.1 Å². The van der Waals surface area contributed by atoms with Crippen LogP contribution in [0, 0.1) is 11.3 Å². The first-order valence-corrected chi connectivity index (χ1v) is 6.04. The molecule has 0 fully saturated rings. The maximum Gasteiger partial charge on any atom is 0.304 e. The van der Waals surface area contributed by atoms with Gasteiger partial charge in [0.25, 0.3) is 0 Å². The van der Waals surface area contributed by atoms with Gasteiger partial charge in [-0.1, -0.05) is 19.1 Å². The number of carboxylic acids is 1. The van der Waals surface area contributed by atoms with Crippen LogP contribution in [-0.4, -0.2) is 29.1 Å². The smallest absolute Gasteiger partial charge is 0.304 e. The molecule has 0 bridgehead atoms. The second-order valence-corrected chi connectivity index (χ2v) is 4.18. The van der Waals surface area contributed by atoms with Crippen molar-refractivity contribution in [2.75, 3.05) is 13.1 Å². The topological polar surface area (TPSA) is 64.3 Å². The van der Waals surface area contributed by atoms with Crippen LogP contribution in [0.2, 0.25) is 0 Å². The van der Waals surface area contributed by atoms with Gasteiger partial charge < -0.3 is 5.11 Å². The molecule has 1 N–H and O–H groups in total. The Hall–Kier alpha value is -1.86. The largest absolute Gasteiger partial charge is 0.481 e. The second kappa shape index (κ2) is 6.77. The molecule has 0 amide bonds. The Kier molecular flexibility index (Phi) is 5.34. The Labute approximate surface area is 107 Å². The van der Waals surface area contributed by atoms with Gasteiger partial charge >= 0.3 is 5.97 Å². The van der Waals surface area contributed by atoms with Crippen LogP contribution in [0.5, 0.6) is 0 Å². The minimum absolute atomic E-state index is 0.147. The van der Waals surface area contributed by atoms with E-state index >= 15 is 0 Å². The second-order valence-electron chi connectivity index (χ2n) is 4.18. The summed E-state index contributed by atoms with van der Waals surface area (Å²) >= 11 is 0. The summed E-state index contributed by atoms with van der Waals surface area (Å²) in [6.45, 7) is 5.40. The van der Waals surface area contributed by atoms with Gasteiger partial charge in [-0.2, -0.15) is 5.26 Å². The van der Waals surface area contributed by atoms with E-state index in [2.05, 4.69) is 11.0 Å². The zero-order valence-corrected chi connectivity index (χ0v) is 10.8. The number of hydrogen-bond donors (Lipinski definition) is 1. The van der Waals surface area contributed by atoms with Crippen molar-refractivity contribution < 1.29 is 9.90 Å². The Bertz CT molecular complexity index is 434. The fourth-order valence-electron chi connectivity index (χ4n) is 1.91. The van der Waals surface area contributed by atoms with Crippen LogP contribution in [0.25, 0.3) is 0 Å². The van der Waals surface area contributed by atoms with Crippen molar-refractivity contribution in [2.45, 2.75) is 26.3 Å². The van der Waals surface area contributed by atoms with Crippen molar-refractivity contribution >= 4 is 5.97 Å². The van der Waals surface area contributed by atoms with E-state index < -0.39 is 5.97 Å². The summed E-state index contributed by atoms with van der Waals surface area (Å²) in [4.78, 5) is 12.7. The SMILES string of the molecule is CCN(CCC(=O)O)C(C)c1ccc(C#N)cc1. The van der Waals surface area contributed by atoms with Crippen molar-refractivity contribution in [3.63, 3.8) is 0 Å². The number of aliphatic carboxylic acids is 1. The molecular formula is C14H18N2O2. The Balaban J connectivity index is 2.73. The fourth-order valence-corrected chi connectivity index (χ4v) is 1.91. The lowest BCUT2D eigenvalue weighted by Gasteiger charge is -2.27. The van der Waals surface area contributed by atoms with Crippen molar-refractivity contribution in [1.82, 2.24) is 4.90 Å². The highest BCUT2D eigenvalue weighted by molar-refractivity contribution is 5.66. The maximum atomic E-state index is 10.6. The molecule has 1 rings (SSSR count). The van der Waals surface area contributed by atoms with Gasteiger partial charge in [-0.15, -0.1) is 0 Å². The maximum absolute atomic E-state index is 10.6. The molecule has 1 aromatic carbocycles. The highest BCUT2D eigenvalue weighted by Gasteiger charge is 2.14. The highest BCUT2D eigenvalue weighted by atomic mass is 16.4. The molecule has 0 heterocycles. The molecule has 18 heavy (non-hydrogen) atoms. The summed E-state index contributed by atoms with van der Waals surface area (Å²) in [5.74, 6) is -0.777. The molecule has 1 unspecified atom stereocenters. The number of rotatable bonds is 6. The van der Waals surface area contributed by atoms with Crippen molar-refractivity contribution in [3.8, 4) is 6.07 Å². The quantitative estimate of drug-likeness (QED) is 0.837. The van der Waals surface area contributed by atoms with E-state index in [0.717, 1.165) is 12.1 Å². The van der Waals surface area contributed by atoms with E-state index in [1.807, 2.05) is 26.0 Å². The predicted octanol–water partition coefficient (Wildman–Crippen LogP) is 2.42. The molecule has 0 spiro atoms. The standard InChI is InChI=1S/C14H18N2O2/c1-3-16(9-8-14(17)18)11(2)13-6-4-12(10-15)5-7-13/h4-7,11H,3,8-9H2,1-2H3,(H,17,18). The molecule has 1 atom stereocenters. The zero-order valence-electron chi connectivity index (χ0n) is 10.8. The molecular weight excluding hydrogens is 228 g/mol. The van der Waals surface area contributed by atoms with Gasteiger partial charge in [0, 0.05) is 12.6 Å². The average Bonchev–Trinajstić information content (AvgIpc) is 2.39. The summed E-state index contributed by atoms with van der Waals surface area (Å²) in [7, 11) is 0. The van der Waals surface area contributed by atoms with E-state index in [-0.39, 0.29) is 12.5 Å². The number of carbonyl (C=O) groups is 1.